The zero-order valence-electron chi connectivity index (χ0n) is 15.5. The lowest BCUT2D eigenvalue weighted by atomic mass is 10.1. The van der Waals surface area contributed by atoms with E-state index < -0.39 is 0 Å². The highest BCUT2D eigenvalue weighted by Gasteiger charge is 2.14. The summed E-state index contributed by atoms with van der Waals surface area (Å²) < 4.78 is 0. The van der Waals surface area contributed by atoms with Crippen LogP contribution in [0.1, 0.15) is 28.5 Å². The Bertz CT molecular complexity index is 998. The van der Waals surface area contributed by atoms with Gasteiger partial charge in [-0.3, -0.25) is 14.6 Å². The van der Waals surface area contributed by atoms with Crippen molar-refractivity contribution in [2.75, 3.05) is 10.6 Å². The normalized spacial score (nSPS) is 10.3. The third kappa shape index (κ3) is 4.20. The van der Waals surface area contributed by atoms with Crippen LogP contribution in [0.2, 0.25) is 0 Å². The minimum atomic E-state index is -0.234. The highest BCUT2D eigenvalue weighted by Crippen LogP contribution is 2.25. The summed E-state index contributed by atoms with van der Waals surface area (Å²) >= 11 is 0. The third-order valence-corrected chi connectivity index (χ3v) is 4.29. The van der Waals surface area contributed by atoms with Gasteiger partial charge in [0.2, 0.25) is 5.91 Å². The number of amides is 2. The number of hydrogen-bond acceptors (Lipinski definition) is 3. The Balaban J connectivity index is 1.84. The molecule has 2 amide bonds. The molecular weight excluding hydrogens is 338 g/mol. The molecule has 1 aromatic heterocycles. The topological polar surface area (TPSA) is 71.1 Å². The summed E-state index contributed by atoms with van der Waals surface area (Å²) in [7, 11) is 0. The van der Waals surface area contributed by atoms with Crippen molar-refractivity contribution in [1.29, 1.82) is 0 Å². The molecule has 2 N–H and O–H groups in total. The predicted octanol–water partition coefficient (Wildman–Crippen LogP) is 4.58. The lowest BCUT2D eigenvalue weighted by Crippen LogP contribution is -2.16. The molecule has 3 rings (SSSR count). The highest BCUT2D eigenvalue weighted by molar-refractivity contribution is 6.06. The van der Waals surface area contributed by atoms with E-state index in [2.05, 4.69) is 15.6 Å². The molecule has 1 heterocycles. The number of aromatic nitrogens is 1. The second-order valence-corrected chi connectivity index (χ2v) is 6.31. The standard InChI is InChI=1S/C22H21N3O2/c1-14-19(24-16(3)26)10-7-11-20(14)25-22(27)18-12-13-21(23-15(18)2)17-8-5-4-6-9-17/h4-13H,1-3H3,(H,24,26)(H,25,27). The Labute approximate surface area is 158 Å². The second-order valence-electron chi connectivity index (χ2n) is 6.31. The molecule has 2 aromatic carbocycles. The molecule has 0 saturated carbocycles. The Morgan fingerprint density at radius 3 is 2.11 bits per heavy atom. The first-order valence-electron chi connectivity index (χ1n) is 8.67. The Morgan fingerprint density at radius 2 is 1.48 bits per heavy atom. The summed E-state index contributed by atoms with van der Waals surface area (Å²) in [5.74, 6) is -0.388. The van der Waals surface area contributed by atoms with Gasteiger partial charge in [0, 0.05) is 23.9 Å². The van der Waals surface area contributed by atoms with Crippen LogP contribution in [0.25, 0.3) is 11.3 Å². The van der Waals surface area contributed by atoms with E-state index in [0.29, 0.717) is 22.6 Å². The van der Waals surface area contributed by atoms with Gasteiger partial charge in [0.25, 0.3) is 5.91 Å². The molecule has 3 aromatic rings. The van der Waals surface area contributed by atoms with Gasteiger partial charge in [-0.2, -0.15) is 0 Å². The van der Waals surface area contributed by atoms with Gasteiger partial charge < -0.3 is 10.6 Å². The van der Waals surface area contributed by atoms with Gasteiger partial charge in [-0.1, -0.05) is 36.4 Å². The Morgan fingerprint density at radius 1 is 0.815 bits per heavy atom. The highest BCUT2D eigenvalue weighted by atomic mass is 16.2. The lowest BCUT2D eigenvalue weighted by molar-refractivity contribution is -0.114. The Hall–Kier alpha value is -3.47. The van der Waals surface area contributed by atoms with Crippen molar-refractivity contribution in [3.8, 4) is 11.3 Å². The van der Waals surface area contributed by atoms with Crippen molar-refractivity contribution in [3.63, 3.8) is 0 Å². The SMILES string of the molecule is CC(=O)Nc1cccc(NC(=O)c2ccc(-c3ccccc3)nc2C)c1C. The van der Waals surface area contributed by atoms with Gasteiger partial charge in [-0.15, -0.1) is 0 Å². The number of aryl methyl sites for hydroxylation is 1. The molecule has 27 heavy (non-hydrogen) atoms. The van der Waals surface area contributed by atoms with E-state index in [1.54, 1.807) is 24.3 Å². The fourth-order valence-electron chi connectivity index (χ4n) is 2.86. The average Bonchev–Trinajstić information content (AvgIpc) is 2.65. The van der Waals surface area contributed by atoms with Gasteiger partial charge >= 0.3 is 0 Å². The molecule has 0 bridgehead atoms. The summed E-state index contributed by atoms with van der Waals surface area (Å²) in [6.07, 6.45) is 0. The van der Waals surface area contributed by atoms with E-state index in [0.717, 1.165) is 16.8 Å². The number of pyridine rings is 1. The average molecular weight is 359 g/mol. The van der Waals surface area contributed by atoms with Crippen molar-refractivity contribution in [3.05, 3.63) is 77.5 Å². The maximum Gasteiger partial charge on any atom is 0.257 e. The minimum Gasteiger partial charge on any atom is -0.326 e. The van der Waals surface area contributed by atoms with E-state index in [1.165, 1.54) is 6.92 Å². The van der Waals surface area contributed by atoms with Gasteiger partial charge in [0.1, 0.15) is 0 Å². The van der Waals surface area contributed by atoms with E-state index in [1.807, 2.05) is 50.2 Å². The van der Waals surface area contributed by atoms with E-state index in [4.69, 9.17) is 0 Å². The van der Waals surface area contributed by atoms with Crippen LogP contribution in [-0.2, 0) is 4.79 Å². The summed E-state index contributed by atoms with van der Waals surface area (Å²) in [4.78, 5) is 28.6. The maximum atomic E-state index is 12.7. The van der Waals surface area contributed by atoms with E-state index in [9.17, 15) is 9.59 Å². The smallest absolute Gasteiger partial charge is 0.257 e. The third-order valence-electron chi connectivity index (χ3n) is 4.29. The number of carbonyl (C=O) groups excluding carboxylic acids is 2. The first-order valence-corrected chi connectivity index (χ1v) is 8.67. The molecule has 0 unspecified atom stereocenters. The molecule has 5 nitrogen and oxygen atoms in total. The number of hydrogen-bond donors (Lipinski definition) is 2. The van der Waals surface area contributed by atoms with Crippen molar-refractivity contribution in [2.45, 2.75) is 20.8 Å². The van der Waals surface area contributed by atoms with Crippen LogP contribution in [0, 0.1) is 13.8 Å². The maximum absolute atomic E-state index is 12.7. The van der Waals surface area contributed by atoms with Gasteiger partial charge in [0.05, 0.1) is 17.0 Å². The van der Waals surface area contributed by atoms with E-state index in [-0.39, 0.29) is 11.8 Å². The summed E-state index contributed by atoms with van der Waals surface area (Å²) in [6, 6.07) is 18.9. The number of nitrogens with zero attached hydrogens (tertiary/aromatic N) is 1. The van der Waals surface area contributed by atoms with Crippen LogP contribution in [-0.4, -0.2) is 16.8 Å². The summed E-state index contributed by atoms with van der Waals surface area (Å²) in [5.41, 5.74) is 5.13. The van der Waals surface area contributed by atoms with Gasteiger partial charge in [-0.25, -0.2) is 0 Å². The molecule has 0 radical (unpaired) electrons. The molecule has 0 aliphatic carbocycles. The zero-order chi connectivity index (χ0) is 19.4. The minimum absolute atomic E-state index is 0.155. The number of rotatable bonds is 4. The number of carbonyl (C=O) groups is 2. The monoisotopic (exact) mass is 359 g/mol. The molecular formula is C22H21N3O2. The van der Waals surface area contributed by atoms with Crippen molar-refractivity contribution < 1.29 is 9.59 Å². The van der Waals surface area contributed by atoms with Crippen molar-refractivity contribution >= 4 is 23.2 Å². The summed E-state index contributed by atoms with van der Waals surface area (Å²) in [6.45, 7) is 5.13. The van der Waals surface area contributed by atoms with Crippen molar-refractivity contribution in [1.82, 2.24) is 4.98 Å². The molecule has 0 atom stereocenters. The number of nitrogens with one attached hydrogen (secondary N) is 2. The van der Waals surface area contributed by atoms with Crippen LogP contribution in [0.15, 0.2) is 60.7 Å². The molecule has 0 spiro atoms. The fraction of sp³-hybridized carbons (Fsp3) is 0.136. The van der Waals surface area contributed by atoms with Crippen molar-refractivity contribution in [2.24, 2.45) is 0 Å². The number of benzene rings is 2. The van der Waals surface area contributed by atoms with Crippen LogP contribution in [0.3, 0.4) is 0 Å². The molecule has 0 aliphatic rings. The summed E-state index contributed by atoms with van der Waals surface area (Å²) in [5, 5.41) is 5.67. The quantitative estimate of drug-likeness (QED) is 0.716. The first kappa shape index (κ1) is 18.3. The molecule has 0 aliphatic heterocycles. The number of anilines is 2. The van der Waals surface area contributed by atoms with Gasteiger partial charge in [0.15, 0.2) is 0 Å². The van der Waals surface area contributed by atoms with Gasteiger partial charge in [-0.05, 0) is 43.7 Å². The Kier molecular flexibility index (Phi) is 5.31. The predicted molar refractivity (Wildman–Crippen MR) is 108 cm³/mol. The van der Waals surface area contributed by atoms with E-state index >= 15 is 0 Å². The lowest BCUT2D eigenvalue weighted by Gasteiger charge is -2.14. The van der Waals surface area contributed by atoms with Crippen LogP contribution in [0.5, 0.6) is 0 Å². The molecule has 136 valence electrons. The van der Waals surface area contributed by atoms with Crippen LogP contribution in [0.4, 0.5) is 11.4 Å². The molecule has 5 heteroatoms. The molecule has 0 fully saturated rings. The first-order chi connectivity index (χ1) is 13.0. The molecule has 0 saturated heterocycles. The van der Waals surface area contributed by atoms with Crippen LogP contribution < -0.4 is 10.6 Å². The van der Waals surface area contributed by atoms with Crippen LogP contribution >= 0.6 is 0 Å². The largest absolute Gasteiger partial charge is 0.326 e. The fourth-order valence-corrected chi connectivity index (χ4v) is 2.86. The second kappa shape index (κ2) is 7.83. The zero-order valence-corrected chi connectivity index (χ0v) is 15.5.